The summed E-state index contributed by atoms with van der Waals surface area (Å²) in [5.74, 6) is -0.445. The number of methoxy groups -OCH3 is 1. The Labute approximate surface area is 228 Å². The van der Waals surface area contributed by atoms with Gasteiger partial charge in [0.15, 0.2) is 0 Å². The maximum Gasteiger partial charge on any atom is 0.410 e. The van der Waals surface area contributed by atoms with Gasteiger partial charge in [-0.3, -0.25) is 9.52 Å². The average Bonchev–Trinajstić information content (AvgIpc) is 3.14. The zero-order valence-electron chi connectivity index (χ0n) is 22.8. The molecule has 8 nitrogen and oxygen atoms in total. The lowest BCUT2D eigenvalue weighted by Crippen LogP contribution is -2.41. The van der Waals surface area contributed by atoms with Gasteiger partial charge in [0.05, 0.1) is 12.5 Å². The minimum absolute atomic E-state index is 0.0604. The predicted molar refractivity (Wildman–Crippen MR) is 144 cm³/mol. The fourth-order valence-electron chi connectivity index (χ4n) is 6.07. The quantitative estimate of drug-likeness (QED) is 0.535. The molecule has 39 heavy (non-hydrogen) atoms. The maximum absolute atomic E-state index is 13.7. The number of fused-ring (bicyclic) bond motifs is 2. The van der Waals surface area contributed by atoms with Gasteiger partial charge in [0.1, 0.15) is 27.8 Å². The molecule has 2 aromatic carbocycles. The third kappa shape index (κ3) is 5.11. The number of ether oxygens (including phenoxy) is 2. The summed E-state index contributed by atoms with van der Waals surface area (Å²) in [5.41, 5.74) is 2.11. The number of amides is 1. The molecule has 0 unspecified atom stereocenters. The first-order chi connectivity index (χ1) is 18.3. The van der Waals surface area contributed by atoms with Crippen LogP contribution in [0.3, 0.4) is 0 Å². The van der Waals surface area contributed by atoms with Crippen molar-refractivity contribution in [1.29, 1.82) is 0 Å². The van der Waals surface area contributed by atoms with Gasteiger partial charge in [-0.25, -0.2) is 17.6 Å². The number of benzene rings is 2. The summed E-state index contributed by atoms with van der Waals surface area (Å²) in [6.45, 7) is 6.53. The van der Waals surface area contributed by atoms with Crippen LogP contribution >= 0.6 is 0 Å². The molecule has 2 fully saturated rings. The van der Waals surface area contributed by atoms with Gasteiger partial charge in [-0.1, -0.05) is 6.42 Å². The highest BCUT2D eigenvalue weighted by Gasteiger charge is 2.51. The summed E-state index contributed by atoms with van der Waals surface area (Å²) in [7, 11) is -2.82. The van der Waals surface area contributed by atoms with Gasteiger partial charge in [-0.2, -0.15) is 0 Å². The lowest BCUT2D eigenvalue weighted by molar-refractivity contribution is -0.125. The number of hydrogen-bond acceptors (Lipinski definition) is 6. The number of sulfonamides is 1. The van der Waals surface area contributed by atoms with E-state index in [0.29, 0.717) is 38.0 Å². The Morgan fingerprint density at radius 1 is 1.13 bits per heavy atom. The summed E-state index contributed by atoms with van der Waals surface area (Å²) in [5, 5.41) is 0. The van der Waals surface area contributed by atoms with Gasteiger partial charge < -0.3 is 14.4 Å². The highest BCUT2D eigenvalue weighted by atomic mass is 32.2. The van der Waals surface area contributed by atoms with Gasteiger partial charge >= 0.3 is 6.09 Å². The number of likely N-dealkylation sites (tertiary alicyclic amines) is 1. The van der Waals surface area contributed by atoms with Crippen LogP contribution < -0.4 is 9.46 Å². The SMILES string of the molecule is COc1cc(F)ccc1S(=O)(=O)Nc1cc(C2CCN(C(=O)OC(C)(C)C)CC2)c2c(c1)C1(CCC1)C(=O)C2. The van der Waals surface area contributed by atoms with E-state index >= 15 is 0 Å². The van der Waals surface area contributed by atoms with Crippen molar-refractivity contribution in [3.63, 3.8) is 0 Å². The van der Waals surface area contributed by atoms with Crippen molar-refractivity contribution in [1.82, 2.24) is 4.90 Å². The average molecular weight is 559 g/mol. The van der Waals surface area contributed by atoms with Crippen molar-refractivity contribution >= 4 is 27.6 Å². The largest absolute Gasteiger partial charge is 0.495 e. The van der Waals surface area contributed by atoms with E-state index in [1.807, 2.05) is 26.8 Å². The first-order valence-electron chi connectivity index (χ1n) is 13.4. The predicted octanol–water partition coefficient (Wildman–Crippen LogP) is 5.30. The Hall–Kier alpha value is -3.14. The highest BCUT2D eigenvalue weighted by Crippen LogP contribution is 2.53. The number of carbonyl (C=O) groups is 2. The van der Waals surface area contributed by atoms with Crippen LogP contribution in [0.25, 0.3) is 0 Å². The summed E-state index contributed by atoms with van der Waals surface area (Å²) < 4.78 is 53.8. The van der Waals surface area contributed by atoms with E-state index in [2.05, 4.69) is 4.72 Å². The number of nitrogens with zero attached hydrogens (tertiary/aromatic N) is 1. The fourth-order valence-corrected chi connectivity index (χ4v) is 7.27. The lowest BCUT2D eigenvalue weighted by Gasteiger charge is -2.38. The van der Waals surface area contributed by atoms with E-state index in [4.69, 9.17) is 9.47 Å². The summed E-state index contributed by atoms with van der Waals surface area (Å²) in [6, 6.07) is 6.90. The Bertz CT molecular complexity index is 1420. The van der Waals surface area contributed by atoms with E-state index in [0.717, 1.165) is 48.1 Å². The van der Waals surface area contributed by atoms with Crippen LogP contribution in [-0.4, -0.2) is 51.0 Å². The van der Waals surface area contributed by atoms with E-state index < -0.39 is 26.9 Å². The van der Waals surface area contributed by atoms with Crippen LogP contribution in [0.1, 0.15) is 75.5 Å². The van der Waals surface area contributed by atoms with Crippen LogP contribution in [0, 0.1) is 5.82 Å². The Morgan fingerprint density at radius 3 is 2.41 bits per heavy atom. The zero-order valence-corrected chi connectivity index (χ0v) is 23.6. The normalized spacial score (nSPS) is 19.0. The Morgan fingerprint density at radius 2 is 1.82 bits per heavy atom. The van der Waals surface area contributed by atoms with Gasteiger partial charge in [0.2, 0.25) is 0 Å². The molecule has 2 aromatic rings. The molecule has 0 aromatic heterocycles. The third-order valence-corrected chi connectivity index (χ3v) is 9.55. The first kappa shape index (κ1) is 27.4. The van der Waals surface area contributed by atoms with Crippen molar-refractivity contribution < 1.29 is 31.9 Å². The Balaban J connectivity index is 1.47. The second-order valence-corrected chi connectivity index (χ2v) is 13.4. The van der Waals surface area contributed by atoms with Crippen molar-refractivity contribution in [2.75, 3.05) is 24.9 Å². The molecule has 2 aliphatic carbocycles. The zero-order chi connectivity index (χ0) is 28.2. The molecule has 1 aliphatic heterocycles. The number of ketones is 1. The fraction of sp³-hybridized carbons (Fsp3) is 0.517. The van der Waals surface area contributed by atoms with Gasteiger partial charge in [0.25, 0.3) is 10.0 Å². The Kier molecular flexibility index (Phi) is 6.89. The van der Waals surface area contributed by atoms with Gasteiger partial charge in [-0.05, 0) is 93.3 Å². The number of rotatable bonds is 5. The second-order valence-electron chi connectivity index (χ2n) is 11.8. The molecule has 1 amide bonds. The summed E-state index contributed by atoms with van der Waals surface area (Å²) in [4.78, 5) is 27.3. The molecule has 3 aliphatic rings. The van der Waals surface area contributed by atoms with Crippen molar-refractivity contribution in [2.45, 2.75) is 81.1 Å². The molecule has 210 valence electrons. The van der Waals surface area contributed by atoms with Crippen LogP contribution in [0.5, 0.6) is 5.75 Å². The van der Waals surface area contributed by atoms with Gasteiger partial charge in [-0.15, -0.1) is 0 Å². The molecule has 0 radical (unpaired) electrons. The molecule has 5 rings (SSSR count). The molecule has 0 atom stereocenters. The molecular formula is C29H35FN2O6S. The second kappa shape index (κ2) is 9.80. The van der Waals surface area contributed by atoms with Crippen LogP contribution in [0.4, 0.5) is 14.9 Å². The van der Waals surface area contributed by atoms with E-state index in [-0.39, 0.29) is 28.4 Å². The van der Waals surface area contributed by atoms with E-state index in [1.54, 1.807) is 11.0 Å². The maximum atomic E-state index is 13.7. The van der Waals surface area contributed by atoms with Crippen molar-refractivity contribution in [3.05, 3.63) is 52.8 Å². The number of Topliss-reactive ketones (excluding diaryl/α,β-unsaturated/α-hetero) is 1. The number of piperidine rings is 1. The number of halogens is 1. The number of nitrogens with one attached hydrogen (secondary N) is 1. The lowest BCUT2D eigenvalue weighted by atomic mass is 9.64. The number of hydrogen-bond donors (Lipinski definition) is 1. The van der Waals surface area contributed by atoms with Crippen LogP contribution in [0.2, 0.25) is 0 Å². The highest BCUT2D eigenvalue weighted by molar-refractivity contribution is 7.92. The molecular weight excluding hydrogens is 523 g/mol. The molecule has 10 heteroatoms. The molecule has 0 bridgehead atoms. The number of carbonyl (C=O) groups excluding carboxylic acids is 2. The molecule has 1 saturated carbocycles. The molecule has 1 heterocycles. The molecule has 1 saturated heterocycles. The van der Waals surface area contributed by atoms with E-state index in [1.165, 1.54) is 13.2 Å². The number of anilines is 1. The van der Waals surface area contributed by atoms with Crippen molar-refractivity contribution in [3.8, 4) is 5.75 Å². The van der Waals surface area contributed by atoms with Gasteiger partial charge in [0, 0.05) is 31.3 Å². The topological polar surface area (TPSA) is 102 Å². The molecule has 1 spiro atoms. The monoisotopic (exact) mass is 558 g/mol. The molecule has 1 N–H and O–H groups in total. The minimum atomic E-state index is -4.11. The standard InChI is InChI=1S/C29H35FN2O6S/c1-28(2,3)38-27(34)32-12-8-18(9-13-32)21-15-20(16-23-22(21)17-26(33)29(23)10-5-11-29)31-39(35,36)25-7-6-19(30)14-24(25)37-4/h6-7,14-16,18,31H,5,8-13,17H2,1-4H3. The van der Waals surface area contributed by atoms with Crippen molar-refractivity contribution in [2.24, 2.45) is 0 Å². The van der Waals surface area contributed by atoms with Crippen LogP contribution in [-0.2, 0) is 31.4 Å². The summed E-state index contributed by atoms with van der Waals surface area (Å²) in [6.07, 6.45) is 3.83. The minimum Gasteiger partial charge on any atom is -0.495 e. The summed E-state index contributed by atoms with van der Waals surface area (Å²) >= 11 is 0. The first-order valence-corrected chi connectivity index (χ1v) is 14.9. The smallest absolute Gasteiger partial charge is 0.410 e. The third-order valence-electron chi connectivity index (χ3n) is 8.13. The van der Waals surface area contributed by atoms with E-state index in [9.17, 15) is 22.4 Å². The van der Waals surface area contributed by atoms with Crippen LogP contribution in [0.15, 0.2) is 35.2 Å².